The maximum atomic E-state index is 15.2. The Labute approximate surface area is 705 Å². The van der Waals surface area contributed by atoms with E-state index in [1.807, 2.05) is 139 Å². The summed E-state index contributed by atoms with van der Waals surface area (Å²) in [4.78, 5) is 133. The predicted octanol–water partition coefficient (Wildman–Crippen LogP) is 15.5. The van der Waals surface area contributed by atoms with E-state index in [0.29, 0.717) is 42.6 Å². The molecule has 119 heavy (non-hydrogen) atoms. The van der Waals surface area contributed by atoms with E-state index in [2.05, 4.69) is 5.32 Å². The van der Waals surface area contributed by atoms with Crippen molar-refractivity contribution in [1.82, 2.24) is 20.0 Å². The summed E-state index contributed by atoms with van der Waals surface area (Å²) in [6.07, 6.45) is -3.52. The Morgan fingerprint density at radius 2 is 0.798 bits per heavy atom. The Kier molecular flexibility index (Phi) is 43.0. The first-order valence-corrected chi connectivity index (χ1v) is 41.3. The minimum Gasteiger partial charge on any atom is -0.478 e. The highest BCUT2D eigenvalue weighted by atomic mass is 31.1. The van der Waals surface area contributed by atoms with Gasteiger partial charge in [0.05, 0.1) is 8.34 Å². The lowest BCUT2D eigenvalue weighted by atomic mass is 9.87. The fourth-order valence-corrected chi connectivity index (χ4v) is 12.3. The highest BCUT2D eigenvalue weighted by Crippen LogP contribution is 2.32. The third-order valence-corrected chi connectivity index (χ3v) is 18.8. The molecule has 8 atom stereocenters. The topological polar surface area (TPSA) is 322 Å². The van der Waals surface area contributed by atoms with Crippen LogP contribution in [0.2, 0.25) is 6.82 Å². The third kappa shape index (κ3) is 41.3. The van der Waals surface area contributed by atoms with E-state index in [0.717, 1.165) is 75.9 Å². The monoisotopic (exact) mass is 1690 g/mol. The van der Waals surface area contributed by atoms with E-state index < -0.39 is 143 Å². The van der Waals surface area contributed by atoms with Gasteiger partial charge >= 0.3 is 54.0 Å². The molecule has 4 aromatic rings. The van der Waals surface area contributed by atoms with Gasteiger partial charge in [0.2, 0.25) is 13.1 Å². The second kappa shape index (κ2) is 49.1. The van der Waals surface area contributed by atoms with Crippen LogP contribution in [0.3, 0.4) is 0 Å². The number of carboxylic acids is 1. The quantitative estimate of drug-likeness (QED) is 0.0194. The summed E-state index contributed by atoms with van der Waals surface area (Å²) in [7, 11) is 5.85. The van der Waals surface area contributed by atoms with Gasteiger partial charge in [0.25, 0.3) is 5.91 Å². The van der Waals surface area contributed by atoms with Crippen molar-refractivity contribution in [3.8, 4) is 0 Å². The molecule has 2 fully saturated rings. The van der Waals surface area contributed by atoms with E-state index in [1.165, 1.54) is 62.7 Å². The van der Waals surface area contributed by atoms with Crippen molar-refractivity contribution in [2.75, 3.05) is 54.6 Å². The summed E-state index contributed by atoms with van der Waals surface area (Å²) in [6, 6.07) is 29.2. The average molecular weight is 1690 g/mol. The molecule has 2 N–H and O–H groups in total. The molecule has 3 amide bonds. The number of amides is 3. The molecule has 2 aliphatic rings. The second-order valence-corrected chi connectivity index (χ2v) is 36.2. The standard InChI is InChI=1S/C44H63FN2O10.C26H38FNO7.C18H27NO4.CH3BOP/c1-29(38(49)54-28-31-15-13-12-14-16-31)55-39(50)34(26-42(2,3)4)46(10)37(48)36(25-30-17-19-32(20-18-30)33-21-23-53-24-22-33)56-40(51)35(27-44(8,9)45)47(11)41(52)57-43(5,6)7;1-25(2,3)35-24(32)28(6)20(16-26(4,5)27)23(31)34-21(22(29)30)15-17-7-9-18(10-8-17)19-11-13-33-14-12-19;1-13(16(20)22-12-14-9-7-6-8-10-14)23-17(21)15(19-5)11-18(2,3)4;1-2-4-3/h12-20,29,33-36H,21-28H2,1-11H3;7-10,19-21H,11-16H2,1-6H3,(H,29,30);6-10,13,15,19H,11-12H2,1-5H3;1H3/t29-,34+,35+,36-;20-,21+;13-,15+;/m101./s1. The van der Waals surface area contributed by atoms with Crippen molar-refractivity contribution in [3.05, 3.63) is 143 Å². The van der Waals surface area contributed by atoms with Gasteiger partial charge in [-0.3, -0.25) is 24.0 Å². The van der Waals surface area contributed by atoms with Crippen LogP contribution in [0.4, 0.5) is 18.4 Å². The molecule has 2 saturated heterocycles. The lowest BCUT2D eigenvalue weighted by Crippen LogP contribution is -2.53. The van der Waals surface area contributed by atoms with E-state index in [4.69, 9.17) is 47.4 Å². The molecule has 0 aliphatic carbocycles. The molecule has 30 heteroatoms. The molecule has 0 unspecified atom stereocenters. The second-order valence-electron chi connectivity index (χ2n) is 35.5. The van der Waals surface area contributed by atoms with Crippen LogP contribution in [0.15, 0.2) is 109 Å². The van der Waals surface area contributed by atoms with Crippen molar-refractivity contribution < 1.29 is 114 Å². The number of carbonyl (C=O) groups is 10. The molecule has 26 nitrogen and oxygen atoms in total. The van der Waals surface area contributed by atoms with Gasteiger partial charge in [0, 0.05) is 73.3 Å². The zero-order valence-corrected chi connectivity index (χ0v) is 75.0. The van der Waals surface area contributed by atoms with Gasteiger partial charge in [-0.2, -0.15) is 0 Å². The first-order valence-electron chi connectivity index (χ1n) is 40.4. The SMILES string of the molecule is CN(C(=O)OC(C)(C)C)[C@@H](CC(C)(C)F)C(=O)O[C@H](Cc1ccc(C2CCOCC2)cc1)C(=O)O.CN[C@@H](CC(C)(C)C)C(=O)O[C@H](C)C(=O)OCc1ccccc1.C[B]P=O.C[C@@H](OC(=O)[C@H](CC(C)(C)C)N(C)C(=O)[C@@H](Cc1ccc(C2CCOCC2)cc1)OC(=O)[C@H](CC(C)(C)F)N(C)C(=O)OC(C)(C)C)C(=O)OCc1ccccc1. The van der Waals surface area contributed by atoms with Crippen LogP contribution in [0, 0.1) is 10.8 Å². The fraction of sp³-hybridized carbons (Fsp3) is 0.618. The van der Waals surface area contributed by atoms with Gasteiger partial charge in [0.1, 0.15) is 59.9 Å². The molecule has 0 bridgehead atoms. The molecular weight excluding hydrogens is 1560 g/mol. The van der Waals surface area contributed by atoms with Crippen LogP contribution in [0.5, 0.6) is 0 Å². The summed E-state index contributed by atoms with van der Waals surface area (Å²) >= 11 is 0. The van der Waals surface area contributed by atoms with Crippen molar-refractivity contribution >= 4 is 75.2 Å². The number of carbonyl (C=O) groups excluding carboxylic acids is 9. The van der Waals surface area contributed by atoms with Crippen LogP contribution in [-0.4, -0.2) is 212 Å². The zero-order chi connectivity index (χ0) is 90.0. The van der Waals surface area contributed by atoms with Gasteiger partial charge in [0.15, 0.2) is 18.3 Å². The molecule has 1 radical (unpaired) electrons. The van der Waals surface area contributed by atoms with Crippen LogP contribution in [0.25, 0.3) is 0 Å². The Hall–Kier alpha value is -8.92. The molecular formula is C89H131BF2N4O22P. The summed E-state index contributed by atoms with van der Waals surface area (Å²) in [6.45, 7) is 36.0. The minimum atomic E-state index is -1.92. The molecule has 0 spiro atoms. The number of rotatable bonds is 33. The van der Waals surface area contributed by atoms with E-state index in [1.54, 1.807) is 74.5 Å². The van der Waals surface area contributed by atoms with Crippen LogP contribution >= 0.6 is 8.34 Å². The highest BCUT2D eigenvalue weighted by Gasteiger charge is 2.43. The molecule has 0 saturated carbocycles. The third-order valence-electron chi connectivity index (χ3n) is 18.6. The van der Waals surface area contributed by atoms with Crippen molar-refractivity contribution in [3.63, 3.8) is 0 Å². The Morgan fingerprint density at radius 1 is 0.471 bits per heavy atom. The highest BCUT2D eigenvalue weighted by molar-refractivity contribution is 7.60. The van der Waals surface area contributed by atoms with Crippen LogP contribution in [-0.2, 0) is 116 Å². The molecule has 0 aromatic heterocycles. The fourth-order valence-electron chi connectivity index (χ4n) is 12.3. The molecule has 6 rings (SSSR count). The molecule has 661 valence electrons. The maximum Gasteiger partial charge on any atom is 0.410 e. The van der Waals surface area contributed by atoms with Crippen LogP contribution < -0.4 is 5.32 Å². The lowest BCUT2D eigenvalue weighted by Gasteiger charge is -2.35. The largest absolute Gasteiger partial charge is 0.478 e. The number of aliphatic carboxylic acids is 1. The lowest BCUT2D eigenvalue weighted by molar-refractivity contribution is -0.174. The number of halogens is 2. The minimum absolute atomic E-state index is 0.0157. The van der Waals surface area contributed by atoms with E-state index in [9.17, 15) is 62.0 Å². The number of ether oxygens (including phenoxy) is 10. The Bertz CT molecular complexity index is 3830. The normalized spacial score (nSPS) is 15.5. The van der Waals surface area contributed by atoms with Crippen molar-refractivity contribution in [2.24, 2.45) is 10.8 Å². The van der Waals surface area contributed by atoms with Crippen LogP contribution in [0.1, 0.15) is 221 Å². The van der Waals surface area contributed by atoms with Gasteiger partial charge in [-0.15, -0.1) is 0 Å². The van der Waals surface area contributed by atoms with E-state index in [-0.39, 0.29) is 52.7 Å². The average Bonchev–Trinajstić information content (AvgIpc) is 0.821. The smallest absolute Gasteiger partial charge is 0.410 e. The van der Waals surface area contributed by atoms with Crippen molar-refractivity contribution in [2.45, 2.75) is 292 Å². The first kappa shape index (κ1) is 104. The summed E-state index contributed by atoms with van der Waals surface area (Å²) in [5.74, 6) is -5.96. The summed E-state index contributed by atoms with van der Waals surface area (Å²) < 4.78 is 93.2. The van der Waals surface area contributed by atoms with Crippen molar-refractivity contribution in [1.29, 1.82) is 0 Å². The zero-order valence-electron chi connectivity index (χ0n) is 74.1. The summed E-state index contributed by atoms with van der Waals surface area (Å²) in [5.41, 5.74) is -0.732. The number of carboxylic acid groups (broad SMARTS) is 1. The number of nitrogens with one attached hydrogen (secondary N) is 1. The number of hydrogen-bond acceptors (Lipinski definition) is 22. The van der Waals surface area contributed by atoms with Gasteiger partial charge in [-0.1, -0.05) is 158 Å². The number of likely N-dealkylation sites (N-methyl/N-ethyl adjacent to an activating group) is 4. The Morgan fingerprint density at radius 3 is 1.12 bits per heavy atom. The number of nitrogens with zero attached hydrogens (tertiary/aromatic N) is 3. The first-order chi connectivity index (χ1) is 55.2. The van der Waals surface area contributed by atoms with Gasteiger partial charge in [-0.25, -0.2) is 47.1 Å². The molecule has 2 aliphatic heterocycles. The number of benzene rings is 4. The predicted molar refractivity (Wildman–Crippen MR) is 449 cm³/mol. The maximum absolute atomic E-state index is 15.2. The molecule has 4 aromatic carbocycles. The number of hydrogen-bond donors (Lipinski definition) is 2. The van der Waals surface area contributed by atoms with Gasteiger partial charge in [-0.05, 0) is 185 Å². The van der Waals surface area contributed by atoms with Gasteiger partial charge < -0.3 is 62.7 Å². The number of alkyl halides is 2. The molecule has 2 heterocycles. The number of esters is 6. The Balaban J connectivity index is 0.000000498. The summed E-state index contributed by atoms with van der Waals surface area (Å²) in [5, 5.41) is 12.6. The van der Waals surface area contributed by atoms with E-state index >= 15 is 4.39 Å².